The molecule has 0 aromatic carbocycles. The van der Waals surface area contributed by atoms with Crippen LogP contribution in [0.2, 0.25) is 0 Å². The van der Waals surface area contributed by atoms with Crippen molar-refractivity contribution >= 4 is 17.5 Å². The van der Waals surface area contributed by atoms with Gasteiger partial charge in [0.15, 0.2) is 0 Å². The Labute approximate surface area is 108 Å². The van der Waals surface area contributed by atoms with Crippen LogP contribution >= 0.6 is 0 Å². The summed E-state index contributed by atoms with van der Waals surface area (Å²) in [5, 5.41) is 47.2. The zero-order valence-electron chi connectivity index (χ0n) is 10.7. The second kappa shape index (κ2) is 3.83. The number of Topliss-reactive ketones (excluding diaryl/α,β-unsaturated/α-hetero) is 2. The number of rotatable bonds is 5. The van der Waals surface area contributed by atoms with Crippen LogP contribution in [0.1, 0.15) is 27.2 Å². The van der Waals surface area contributed by atoms with Crippen LogP contribution in [-0.4, -0.2) is 54.6 Å². The van der Waals surface area contributed by atoms with Crippen molar-refractivity contribution < 1.29 is 39.9 Å². The summed E-state index contributed by atoms with van der Waals surface area (Å²) in [7, 11) is 0. The maximum atomic E-state index is 12.0. The minimum Gasteiger partial charge on any atom is -0.477 e. The van der Waals surface area contributed by atoms with E-state index in [0.29, 0.717) is 0 Å². The first-order valence-electron chi connectivity index (χ1n) is 5.44. The standard InChI is InChI=1S/C11H16O8/c1-8(2,11(18,19)7(14)15)6(13)10(16,17)9(3)4-5(9)12/h16-19H,4H2,1-3H3,(H,14,15). The van der Waals surface area contributed by atoms with E-state index in [4.69, 9.17) is 5.11 Å². The summed E-state index contributed by atoms with van der Waals surface area (Å²) in [5.74, 6) is -10.9. The summed E-state index contributed by atoms with van der Waals surface area (Å²) in [5.41, 5.74) is -4.19. The van der Waals surface area contributed by atoms with E-state index in [2.05, 4.69) is 0 Å². The lowest BCUT2D eigenvalue weighted by molar-refractivity contribution is -0.259. The lowest BCUT2D eigenvalue weighted by Crippen LogP contribution is -2.63. The van der Waals surface area contributed by atoms with Crippen LogP contribution < -0.4 is 0 Å². The molecule has 0 bridgehead atoms. The topological polar surface area (TPSA) is 152 Å². The highest BCUT2D eigenvalue weighted by molar-refractivity contribution is 6.09. The molecule has 1 saturated carbocycles. The Morgan fingerprint density at radius 1 is 1.16 bits per heavy atom. The fraction of sp³-hybridized carbons (Fsp3) is 0.727. The van der Waals surface area contributed by atoms with Crippen molar-refractivity contribution in [2.75, 3.05) is 0 Å². The molecule has 0 radical (unpaired) electrons. The number of carbonyl (C=O) groups is 3. The van der Waals surface area contributed by atoms with Crippen LogP contribution in [0.25, 0.3) is 0 Å². The van der Waals surface area contributed by atoms with Gasteiger partial charge in [-0.3, -0.25) is 9.59 Å². The molecule has 0 aromatic rings. The van der Waals surface area contributed by atoms with Crippen LogP contribution in [0, 0.1) is 10.8 Å². The lowest BCUT2D eigenvalue weighted by Gasteiger charge is -2.38. The number of hydrogen-bond donors (Lipinski definition) is 5. The summed E-state index contributed by atoms with van der Waals surface area (Å²) in [6.45, 7) is 2.79. The summed E-state index contributed by atoms with van der Waals surface area (Å²) < 4.78 is 0. The predicted molar refractivity (Wildman–Crippen MR) is 58.5 cm³/mol. The van der Waals surface area contributed by atoms with E-state index < -0.39 is 39.9 Å². The van der Waals surface area contributed by atoms with Gasteiger partial charge in [0.25, 0.3) is 5.79 Å². The molecule has 0 aliphatic heterocycles. The fourth-order valence-corrected chi connectivity index (χ4v) is 1.71. The quantitative estimate of drug-likeness (QED) is 0.362. The Morgan fingerprint density at radius 2 is 1.53 bits per heavy atom. The molecule has 0 saturated heterocycles. The van der Waals surface area contributed by atoms with E-state index in [9.17, 15) is 34.8 Å². The molecule has 1 aliphatic rings. The van der Waals surface area contributed by atoms with Crippen LogP contribution in [0.15, 0.2) is 0 Å². The van der Waals surface area contributed by atoms with Crippen molar-refractivity contribution in [3.8, 4) is 0 Å². The van der Waals surface area contributed by atoms with Crippen molar-refractivity contribution in [2.45, 2.75) is 38.8 Å². The van der Waals surface area contributed by atoms with Gasteiger partial charge < -0.3 is 25.5 Å². The first kappa shape index (κ1) is 15.7. The fourth-order valence-electron chi connectivity index (χ4n) is 1.71. The summed E-state index contributed by atoms with van der Waals surface area (Å²) in [4.78, 5) is 33.9. The highest BCUT2D eigenvalue weighted by Gasteiger charge is 2.71. The van der Waals surface area contributed by atoms with Crippen molar-refractivity contribution in [1.29, 1.82) is 0 Å². The largest absolute Gasteiger partial charge is 0.477 e. The third kappa shape index (κ3) is 1.88. The molecule has 19 heavy (non-hydrogen) atoms. The minimum atomic E-state index is -3.50. The number of aliphatic hydroxyl groups is 4. The normalized spacial score (nSPS) is 24.3. The second-order valence-electron chi connectivity index (χ2n) is 5.54. The van der Waals surface area contributed by atoms with Gasteiger partial charge in [0.1, 0.15) is 5.78 Å². The highest BCUT2D eigenvalue weighted by atomic mass is 16.5. The van der Waals surface area contributed by atoms with Gasteiger partial charge in [-0.05, 0) is 20.8 Å². The van der Waals surface area contributed by atoms with Crippen molar-refractivity contribution in [2.24, 2.45) is 10.8 Å². The zero-order valence-corrected chi connectivity index (χ0v) is 10.7. The third-order valence-electron chi connectivity index (χ3n) is 3.83. The van der Waals surface area contributed by atoms with Crippen molar-refractivity contribution in [1.82, 2.24) is 0 Å². The molecular formula is C11H16O8. The molecule has 1 fully saturated rings. The number of aliphatic carboxylic acids is 1. The monoisotopic (exact) mass is 276 g/mol. The van der Waals surface area contributed by atoms with E-state index in [1.54, 1.807) is 0 Å². The second-order valence-corrected chi connectivity index (χ2v) is 5.54. The maximum Gasteiger partial charge on any atom is 0.365 e. The predicted octanol–water partition coefficient (Wildman–Crippen LogP) is -1.99. The van der Waals surface area contributed by atoms with Crippen LogP contribution in [-0.2, 0) is 14.4 Å². The average molecular weight is 276 g/mol. The lowest BCUT2D eigenvalue weighted by atomic mass is 9.72. The Hall–Kier alpha value is -1.35. The molecule has 5 N–H and O–H groups in total. The number of ketones is 2. The smallest absolute Gasteiger partial charge is 0.365 e. The van der Waals surface area contributed by atoms with Gasteiger partial charge in [-0.2, -0.15) is 0 Å². The maximum absolute atomic E-state index is 12.0. The third-order valence-corrected chi connectivity index (χ3v) is 3.83. The van der Waals surface area contributed by atoms with Crippen molar-refractivity contribution in [3.05, 3.63) is 0 Å². The van der Waals surface area contributed by atoms with E-state index in [1.165, 1.54) is 0 Å². The molecule has 0 spiro atoms. The number of carbonyl (C=O) groups excluding carboxylic acids is 2. The van der Waals surface area contributed by atoms with Gasteiger partial charge >= 0.3 is 5.97 Å². The van der Waals surface area contributed by atoms with Gasteiger partial charge in [-0.15, -0.1) is 0 Å². The Bertz CT molecular complexity index is 461. The molecule has 1 aliphatic carbocycles. The van der Waals surface area contributed by atoms with E-state index >= 15 is 0 Å². The van der Waals surface area contributed by atoms with Gasteiger partial charge in [-0.25, -0.2) is 4.79 Å². The van der Waals surface area contributed by atoms with E-state index in [0.717, 1.165) is 20.8 Å². The van der Waals surface area contributed by atoms with Crippen molar-refractivity contribution in [3.63, 3.8) is 0 Å². The number of hydrogen-bond acceptors (Lipinski definition) is 7. The zero-order chi connectivity index (χ0) is 15.4. The number of carboxylic acids is 1. The van der Waals surface area contributed by atoms with Crippen LogP contribution in [0.5, 0.6) is 0 Å². The van der Waals surface area contributed by atoms with Gasteiger partial charge in [0.2, 0.25) is 11.6 Å². The van der Waals surface area contributed by atoms with Gasteiger partial charge in [0.05, 0.1) is 10.8 Å². The molecule has 1 unspecified atom stereocenters. The van der Waals surface area contributed by atoms with Crippen LogP contribution in [0.3, 0.4) is 0 Å². The summed E-state index contributed by atoms with van der Waals surface area (Å²) in [6.07, 6.45) is -0.265. The first-order valence-corrected chi connectivity index (χ1v) is 5.44. The van der Waals surface area contributed by atoms with Gasteiger partial charge in [-0.1, -0.05) is 0 Å². The Morgan fingerprint density at radius 3 is 1.79 bits per heavy atom. The average Bonchev–Trinajstić information content (AvgIpc) is 2.87. The molecule has 108 valence electrons. The van der Waals surface area contributed by atoms with Gasteiger partial charge in [0, 0.05) is 6.42 Å². The van der Waals surface area contributed by atoms with E-state index in [1.807, 2.05) is 0 Å². The number of carboxylic acid groups (broad SMARTS) is 1. The SMILES string of the molecule is CC(C)(C(=O)C(O)(O)C1(C)CC1=O)C(O)(O)C(=O)O. The summed E-state index contributed by atoms with van der Waals surface area (Å²) >= 11 is 0. The molecule has 0 heterocycles. The molecular weight excluding hydrogens is 260 g/mol. The van der Waals surface area contributed by atoms with Crippen LogP contribution in [0.4, 0.5) is 0 Å². The summed E-state index contributed by atoms with van der Waals surface area (Å²) in [6, 6.07) is 0. The molecule has 8 heteroatoms. The first-order chi connectivity index (χ1) is 8.23. The highest BCUT2D eigenvalue weighted by Crippen LogP contribution is 2.51. The molecule has 0 aromatic heterocycles. The Kier molecular flexibility index (Phi) is 3.16. The molecule has 0 amide bonds. The Balaban J connectivity index is 3.20. The molecule has 8 nitrogen and oxygen atoms in total. The molecule has 1 rings (SSSR count). The molecule has 1 atom stereocenters. The minimum absolute atomic E-state index is 0.265. The van der Waals surface area contributed by atoms with E-state index in [-0.39, 0.29) is 6.42 Å².